The predicted octanol–water partition coefficient (Wildman–Crippen LogP) is 1.77. The standard InChI is InChI=1S/C14H23NO2/c1-3-13-11-12(5-6-14(13)17-2)7-9-15-8-4-10-16/h5-6,11,15-16H,3-4,7-10H2,1-2H3. The highest BCUT2D eigenvalue weighted by atomic mass is 16.5. The maximum absolute atomic E-state index is 8.65. The van der Waals surface area contributed by atoms with Crippen LogP contribution in [0.4, 0.5) is 0 Å². The van der Waals surface area contributed by atoms with E-state index in [1.807, 2.05) is 6.07 Å². The van der Waals surface area contributed by atoms with E-state index in [1.165, 1.54) is 11.1 Å². The number of aryl methyl sites for hydroxylation is 1. The van der Waals surface area contributed by atoms with E-state index in [0.29, 0.717) is 0 Å². The number of ether oxygens (including phenoxy) is 1. The van der Waals surface area contributed by atoms with Crippen molar-refractivity contribution in [3.63, 3.8) is 0 Å². The van der Waals surface area contributed by atoms with Crippen LogP contribution in [0.3, 0.4) is 0 Å². The average molecular weight is 237 g/mol. The maximum Gasteiger partial charge on any atom is 0.122 e. The SMILES string of the molecule is CCc1cc(CCNCCCO)ccc1OC. The van der Waals surface area contributed by atoms with Gasteiger partial charge in [-0.1, -0.05) is 19.1 Å². The Morgan fingerprint density at radius 1 is 1.29 bits per heavy atom. The fourth-order valence-corrected chi connectivity index (χ4v) is 1.83. The molecule has 0 atom stereocenters. The number of methoxy groups -OCH3 is 1. The van der Waals surface area contributed by atoms with Gasteiger partial charge in [-0.15, -0.1) is 0 Å². The third kappa shape index (κ3) is 4.75. The highest BCUT2D eigenvalue weighted by molar-refractivity contribution is 5.37. The van der Waals surface area contributed by atoms with Gasteiger partial charge in [0.25, 0.3) is 0 Å². The summed E-state index contributed by atoms with van der Waals surface area (Å²) in [6, 6.07) is 6.38. The largest absolute Gasteiger partial charge is 0.496 e. The van der Waals surface area contributed by atoms with Crippen LogP contribution in [0.5, 0.6) is 5.75 Å². The zero-order chi connectivity index (χ0) is 12.5. The summed E-state index contributed by atoms with van der Waals surface area (Å²) in [4.78, 5) is 0. The molecule has 0 aliphatic heterocycles. The van der Waals surface area contributed by atoms with Crippen LogP contribution in [0.25, 0.3) is 0 Å². The number of hydrogen-bond donors (Lipinski definition) is 2. The van der Waals surface area contributed by atoms with E-state index >= 15 is 0 Å². The second-order valence-electron chi connectivity index (χ2n) is 4.08. The minimum absolute atomic E-state index is 0.259. The number of benzene rings is 1. The fourth-order valence-electron chi connectivity index (χ4n) is 1.83. The van der Waals surface area contributed by atoms with Gasteiger partial charge in [0.2, 0.25) is 0 Å². The molecule has 96 valence electrons. The van der Waals surface area contributed by atoms with Crippen molar-refractivity contribution in [1.29, 1.82) is 0 Å². The molecule has 2 N–H and O–H groups in total. The topological polar surface area (TPSA) is 41.5 Å². The van der Waals surface area contributed by atoms with Gasteiger partial charge >= 0.3 is 0 Å². The van der Waals surface area contributed by atoms with Crippen LogP contribution in [-0.2, 0) is 12.8 Å². The van der Waals surface area contributed by atoms with Crippen LogP contribution in [0.1, 0.15) is 24.5 Å². The Morgan fingerprint density at radius 3 is 2.76 bits per heavy atom. The Hall–Kier alpha value is -1.06. The zero-order valence-electron chi connectivity index (χ0n) is 10.8. The molecule has 0 saturated carbocycles. The monoisotopic (exact) mass is 237 g/mol. The average Bonchev–Trinajstić information content (AvgIpc) is 2.38. The summed E-state index contributed by atoms with van der Waals surface area (Å²) >= 11 is 0. The molecule has 0 aliphatic rings. The van der Waals surface area contributed by atoms with Crippen LogP contribution in [0, 0.1) is 0 Å². The highest BCUT2D eigenvalue weighted by Crippen LogP contribution is 2.20. The molecule has 0 radical (unpaired) electrons. The van der Waals surface area contributed by atoms with Crippen molar-refractivity contribution < 1.29 is 9.84 Å². The van der Waals surface area contributed by atoms with Crippen LogP contribution >= 0.6 is 0 Å². The van der Waals surface area contributed by atoms with E-state index in [2.05, 4.69) is 24.4 Å². The number of rotatable bonds is 8. The van der Waals surface area contributed by atoms with Crippen molar-refractivity contribution in [2.24, 2.45) is 0 Å². The lowest BCUT2D eigenvalue weighted by molar-refractivity contribution is 0.286. The normalized spacial score (nSPS) is 10.5. The van der Waals surface area contributed by atoms with E-state index in [9.17, 15) is 0 Å². The van der Waals surface area contributed by atoms with Crippen LogP contribution < -0.4 is 10.1 Å². The molecule has 3 nitrogen and oxygen atoms in total. The number of aliphatic hydroxyl groups excluding tert-OH is 1. The number of nitrogens with one attached hydrogen (secondary N) is 1. The third-order valence-electron chi connectivity index (χ3n) is 2.83. The number of hydrogen-bond acceptors (Lipinski definition) is 3. The van der Waals surface area contributed by atoms with E-state index in [1.54, 1.807) is 7.11 Å². The van der Waals surface area contributed by atoms with E-state index in [4.69, 9.17) is 9.84 Å². The Kier molecular flexibility index (Phi) is 6.67. The fraction of sp³-hybridized carbons (Fsp3) is 0.571. The molecule has 3 heteroatoms. The lowest BCUT2D eigenvalue weighted by Crippen LogP contribution is -2.19. The second kappa shape index (κ2) is 8.09. The van der Waals surface area contributed by atoms with Gasteiger partial charge in [-0.2, -0.15) is 0 Å². The molecule has 0 unspecified atom stereocenters. The van der Waals surface area contributed by atoms with Crippen molar-refractivity contribution in [2.45, 2.75) is 26.2 Å². The second-order valence-corrected chi connectivity index (χ2v) is 4.08. The molecule has 17 heavy (non-hydrogen) atoms. The summed E-state index contributed by atoms with van der Waals surface area (Å²) in [7, 11) is 1.71. The lowest BCUT2D eigenvalue weighted by Gasteiger charge is -2.09. The van der Waals surface area contributed by atoms with E-state index in [0.717, 1.165) is 38.1 Å². The van der Waals surface area contributed by atoms with Crippen molar-refractivity contribution in [3.05, 3.63) is 29.3 Å². The van der Waals surface area contributed by atoms with Gasteiger partial charge in [0.1, 0.15) is 5.75 Å². The first-order chi connectivity index (χ1) is 8.31. The zero-order valence-corrected chi connectivity index (χ0v) is 10.8. The third-order valence-corrected chi connectivity index (χ3v) is 2.83. The molecule has 0 fully saturated rings. The summed E-state index contributed by atoms with van der Waals surface area (Å²) < 4.78 is 5.31. The maximum atomic E-state index is 8.65. The molecule has 0 heterocycles. The molecule has 0 aromatic heterocycles. The minimum Gasteiger partial charge on any atom is -0.496 e. The van der Waals surface area contributed by atoms with Crippen molar-refractivity contribution >= 4 is 0 Å². The quantitative estimate of drug-likeness (QED) is 0.677. The first-order valence-electron chi connectivity index (χ1n) is 6.29. The molecule has 1 aromatic carbocycles. The molecule has 1 aromatic rings. The van der Waals surface area contributed by atoms with Gasteiger partial charge in [-0.3, -0.25) is 0 Å². The van der Waals surface area contributed by atoms with Crippen LogP contribution in [0.15, 0.2) is 18.2 Å². The molecule has 0 bridgehead atoms. The molecule has 0 aliphatic carbocycles. The molecule has 0 amide bonds. The van der Waals surface area contributed by atoms with Crippen molar-refractivity contribution in [3.8, 4) is 5.75 Å². The predicted molar refractivity (Wildman–Crippen MR) is 70.6 cm³/mol. The van der Waals surface area contributed by atoms with Gasteiger partial charge < -0.3 is 15.2 Å². The van der Waals surface area contributed by atoms with Crippen LogP contribution in [0.2, 0.25) is 0 Å². The smallest absolute Gasteiger partial charge is 0.122 e. The summed E-state index contributed by atoms with van der Waals surface area (Å²) in [6.45, 7) is 4.24. The van der Waals surface area contributed by atoms with Gasteiger partial charge in [0.15, 0.2) is 0 Å². The minimum atomic E-state index is 0.259. The van der Waals surface area contributed by atoms with Crippen LogP contribution in [-0.4, -0.2) is 31.9 Å². The summed E-state index contributed by atoms with van der Waals surface area (Å²) in [5, 5.41) is 12.0. The Balaban J connectivity index is 2.43. The Morgan fingerprint density at radius 2 is 2.12 bits per heavy atom. The van der Waals surface area contributed by atoms with Gasteiger partial charge in [-0.05, 0) is 49.5 Å². The molecule has 0 saturated heterocycles. The summed E-state index contributed by atoms with van der Waals surface area (Å²) in [6.07, 6.45) is 2.83. The molecular formula is C14H23NO2. The first-order valence-corrected chi connectivity index (χ1v) is 6.29. The summed E-state index contributed by atoms with van der Waals surface area (Å²) in [5.74, 6) is 0.976. The van der Waals surface area contributed by atoms with Crippen molar-refractivity contribution in [1.82, 2.24) is 5.32 Å². The van der Waals surface area contributed by atoms with Gasteiger partial charge in [-0.25, -0.2) is 0 Å². The summed E-state index contributed by atoms with van der Waals surface area (Å²) in [5.41, 5.74) is 2.60. The Labute approximate surface area is 104 Å². The molecule has 1 rings (SSSR count). The highest BCUT2D eigenvalue weighted by Gasteiger charge is 2.02. The van der Waals surface area contributed by atoms with E-state index < -0.39 is 0 Å². The van der Waals surface area contributed by atoms with E-state index in [-0.39, 0.29) is 6.61 Å². The van der Waals surface area contributed by atoms with Crippen molar-refractivity contribution in [2.75, 3.05) is 26.8 Å². The van der Waals surface area contributed by atoms with Gasteiger partial charge in [0.05, 0.1) is 7.11 Å². The number of aliphatic hydroxyl groups is 1. The first kappa shape index (κ1) is 14.0. The van der Waals surface area contributed by atoms with Gasteiger partial charge in [0, 0.05) is 6.61 Å². The lowest BCUT2D eigenvalue weighted by atomic mass is 10.1. The molecular weight excluding hydrogens is 214 g/mol. The molecule has 0 spiro atoms. The Bertz CT molecular complexity index is 326.